The van der Waals surface area contributed by atoms with E-state index in [1.54, 1.807) is 14.1 Å². The molecule has 122 valence electrons. The van der Waals surface area contributed by atoms with Crippen molar-refractivity contribution in [2.24, 2.45) is 0 Å². The highest BCUT2D eigenvalue weighted by Gasteiger charge is 2.16. The Bertz CT molecular complexity index is 713. The maximum Gasteiger partial charge on any atom is 0.273 e. The molecule has 0 fully saturated rings. The number of likely N-dealkylation sites (N-methyl/N-ethyl adjacent to an activating group) is 1. The first-order valence-corrected chi connectivity index (χ1v) is 7.82. The van der Waals surface area contributed by atoms with Gasteiger partial charge in [-0.2, -0.15) is 0 Å². The number of benzene rings is 1. The average Bonchev–Trinajstić information content (AvgIpc) is 2.95. The SMILES string of the molecule is CC(NC(=O)c1cn(CC(=O)N(C)C)nn1)c1cccc(Br)c1. The largest absolute Gasteiger partial charge is 0.347 e. The Kier molecular flexibility index (Phi) is 5.49. The van der Waals surface area contributed by atoms with Gasteiger partial charge in [0.2, 0.25) is 5.91 Å². The van der Waals surface area contributed by atoms with Gasteiger partial charge in [-0.3, -0.25) is 9.59 Å². The van der Waals surface area contributed by atoms with E-state index < -0.39 is 0 Å². The fourth-order valence-corrected chi connectivity index (χ4v) is 2.31. The van der Waals surface area contributed by atoms with E-state index in [9.17, 15) is 9.59 Å². The zero-order valence-electron chi connectivity index (χ0n) is 13.2. The van der Waals surface area contributed by atoms with Crippen LogP contribution in [-0.2, 0) is 11.3 Å². The van der Waals surface area contributed by atoms with Gasteiger partial charge in [0.1, 0.15) is 6.54 Å². The summed E-state index contributed by atoms with van der Waals surface area (Å²) in [6.07, 6.45) is 1.46. The van der Waals surface area contributed by atoms with Crippen molar-refractivity contribution >= 4 is 27.7 Å². The molecule has 1 aromatic heterocycles. The average molecular weight is 380 g/mol. The number of hydrogen-bond acceptors (Lipinski definition) is 4. The molecule has 1 N–H and O–H groups in total. The van der Waals surface area contributed by atoms with Crippen LogP contribution in [0.3, 0.4) is 0 Å². The molecule has 1 unspecified atom stereocenters. The number of rotatable bonds is 5. The Balaban J connectivity index is 2.01. The third-order valence-corrected chi connectivity index (χ3v) is 3.76. The van der Waals surface area contributed by atoms with Crippen LogP contribution < -0.4 is 5.32 Å². The maximum atomic E-state index is 12.2. The van der Waals surface area contributed by atoms with Gasteiger partial charge in [0.25, 0.3) is 5.91 Å². The van der Waals surface area contributed by atoms with Crippen molar-refractivity contribution in [2.45, 2.75) is 19.5 Å². The van der Waals surface area contributed by atoms with Crippen LogP contribution in [0.15, 0.2) is 34.9 Å². The topological polar surface area (TPSA) is 80.1 Å². The van der Waals surface area contributed by atoms with E-state index in [2.05, 4.69) is 31.6 Å². The summed E-state index contributed by atoms with van der Waals surface area (Å²) in [4.78, 5) is 25.3. The smallest absolute Gasteiger partial charge is 0.273 e. The van der Waals surface area contributed by atoms with Crippen molar-refractivity contribution in [1.82, 2.24) is 25.2 Å². The number of carbonyl (C=O) groups is 2. The van der Waals surface area contributed by atoms with E-state index in [1.165, 1.54) is 15.8 Å². The molecule has 0 saturated heterocycles. The van der Waals surface area contributed by atoms with Crippen LogP contribution in [0.1, 0.15) is 29.0 Å². The molecule has 0 aliphatic rings. The molecule has 0 saturated carbocycles. The van der Waals surface area contributed by atoms with Crippen molar-refractivity contribution in [2.75, 3.05) is 14.1 Å². The Morgan fingerprint density at radius 1 is 1.39 bits per heavy atom. The molecular formula is C15H18BrN5O2. The van der Waals surface area contributed by atoms with Gasteiger partial charge < -0.3 is 10.2 Å². The fraction of sp³-hybridized carbons (Fsp3) is 0.333. The first-order chi connectivity index (χ1) is 10.9. The van der Waals surface area contributed by atoms with Crippen LogP contribution in [0.2, 0.25) is 0 Å². The zero-order chi connectivity index (χ0) is 17.0. The van der Waals surface area contributed by atoms with Gasteiger partial charge in [-0.25, -0.2) is 4.68 Å². The van der Waals surface area contributed by atoms with E-state index in [0.29, 0.717) is 0 Å². The van der Waals surface area contributed by atoms with Crippen LogP contribution in [0.5, 0.6) is 0 Å². The summed E-state index contributed by atoms with van der Waals surface area (Å²) in [5.41, 5.74) is 1.15. The summed E-state index contributed by atoms with van der Waals surface area (Å²) >= 11 is 3.41. The van der Waals surface area contributed by atoms with E-state index in [4.69, 9.17) is 0 Å². The molecule has 0 spiro atoms. The van der Waals surface area contributed by atoms with E-state index >= 15 is 0 Å². The van der Waals surface area contributed by atoms with E-state index in [1.807, 2.05) is 31.2 Å². The first-order valence-electron chi connectivity index (χ1n) is 7.03. The third-order valence-electron chi connectivity index (χ3n) is 3.26. The fourth-order valence-electron chi connectivity index (χ4n) is 1.89. The highest BCUT2D eigenvalue weighted by molar-refractivity contribution is 9.10. The molecule has 0 aliphatic carbocycles. The lowest BCUT2D eigenvalue weighted by molar-refractivity contribution is -0.129. The number of aromatic nitrogens is 3. The number of carbonyl (C=O) groups excluding carboxylic acids is 2. The molecule has 0 bridgehead atoms. The number of nitrogens with one attached hydrogen (secondary N) is 1. The van der Waals surface area contributed by atoms with Crippen molar-refractivity contribution < 1.29 is 9.59 Å². The van der Waals surface area contributed by atoms with E-state index in [-0.39, 0.29) is 30.1 Å². The van der Waals surface area contributed by atoms with Gasteiger partial charge in [0, 0.05) is 18.6 Å². The minimum absolute atomic E-state index is 0.0501. The van der Waals surface area contributed by atoms with Crippen molar-refractivity contribution in [3.63, 3.8) is 0 Å². The minimum Gasteiger partial charge on any atom is -0.347 e. The number of hydrogen-bond donors (Lipinski definition) is 1. The highest BCUT2D eigenvalue weighted by atomic mass is 79.9. The van der Waals surface area contributed by atoms with Crippen LogP contribution in [-0.4, -0.2) is 45.8 Å². The second-order valence-corrected chi connectivity index (χ2v) is 6.26. The van der Waals surface area contributed by atoms with Gasteiger partial charge in [-0.1, -0.05) is 33.3 Å². The zero-order valence-corrected chi connectivity index (χ0v) is 14.7. The number of nitrogens with zero attached hydrogens (tertiary/aromatic N) is 4. The summed E-state index contributed by atoms with van der Waals surface area (Å²) in [7, 11) is 3.32. The van der Waals surface area contributed by atoms with Gasteiger partial charge in [0.05, 0.1) is 12.2 Å². The summed E-state index contributed by atoms with van der Waals surface area (Å²) in [5.74, 6) is -0.453. The molecule has 7 nitrogen and oxygen atoms in total. The first kappa shape index (κ1) is 17.1. The molecule has 1 atom stereocenters. The molecule has 1 aromatic carbocycles. The van der Waals surface area contributed by atoms with Crippen LogP contribution in [0.25, 0.3) is 0 Å². The van der Waals surface area contributed by atoms with Gasteiger partial charge in [0.15, 0.2) is 5.69 Å². The predicted octanol–water partition coefficient (Wildman–Crippen LogP) is 1.62. The Hall–Kier alpha value is -2.22. The summed E-state index contributed by atoms with van der Waals surface area (Å²) in [6.45, 7) is 1.94. The molecule has 2 amide bonds. The molecule has 0 aliphatic heterocycles. The molecule has 1 heterocycles. The molecule has 2 rings (SSSR count). The van der Waals surface area contributed by atoms with Crippen molar-refractivity contribution in [1.29, 1.82) is 0 Å². The van der Waals surface area contributed by atoms with Gasteiger partial charge in [-0.05, 0) is 24.6 Å². The molecular weight excluding hydrogens is 362 g/mol. The minimum atomic E-state index is -0.332. The summed E-state index contributed by atoms with van der Waals surface area (Å²) in [6, 6.07) is 7.53. The van der Waals surface area contributed by atoms with Gasteiger partial charge >= 0.3 is 0 Å². The lowest BCUT2D eigenvalue weighted by Crippen LogP contribution is -2.27. The Labute approximate surface area is 142 Å². The monoisotopic (exact) mass is 379 g/mol. The Morgan fingerprint density at radius 3 is 2.78 bits per heavy atom. The lowest BCUT2D eigenvalue weighted by atomic mass is 10.1. The van der Waals surface area contributed by atoms with Crippen LogP contribution in [0, 0.1) is 0 Å². The van der Waals surface area contributed by atoms with Crippen molar-refractivity contribution in [3.05, 3.63) is 46.2 Å². The summed E-state index contributed by atoms with van der Waals surface area (Å²) < 4.78 is 2.30. The maximum absolute atomic E-state index is 12.2. The van der Waals surface area contributed by atoms with Gasteiger partial charge in [-0.15, -0.1) is 5.10 Å². The normalized spacial score (nSPS) is 11.8. The van der Waals surface area contributed by atoms with E-state index in [0.717, 1.165) is 10.0 Å². The molecule has 2 aromatic rings. The Morgan fingerprint density at radius 2 is 2.13 bits per heavy atom. The lowest BCUT2D eigenvalue weighted by Gasteiger charge is -2.13. The predicted molar refractivity (Wildman–Crippen MR) is 88.7 cm³/mol. The summed E-state index contributed by atoms with van der Waals surface area (Å²) in [5, 5.41) is 10.5. The van der Waals surface area contributed by atoms with Crippen LogP contribution >= 0.6 is 15.9 Å². The van der Waals surface area contributed by atoms with Crippen molar-refractivity contribution in [3.8, 4) is 0 Å². The second-order valence-electron chi connectivity index (χ2n) is 5.34. The number of halogens is 1. The molecule has 8 heteroatoms. The third kappa shape index (κ3) is 4.62. The molecule has 0 radical (unpaired) electrons. The molecule has 23 heavy (non-hydrogen) atoms. The standard InChI is InChI=1S/C15H18BrN5O2/c1-10(11-5-4-6-12(16)7-11)17-15(23)13-8-21(19-18-13)9-14(22)20(2)3/h4-8,10H,9H2,1-3H3,(H,17,23). The number of amides is 2. The second kappa shape index (κ2) is 7.36. The van der Waals surface area contributed by atoms with Crippen LogP contribution in [0.4, 0.5) is 0 Å². The quantitative estimate of drug-likeness (QED) is 0.855. The highest BCUT2D eigenvalue weighted by Crippen LogP contribution is 2.18.